The number of nitrogens with zero attached hydrogens (tertiary/aromatic N) is 1. The molecule has 170 valence electrons. The number of nitrogens with two attached hydrogens (primary N) is 1. The van der Waals surface area contributed by atoms with Crippen LogP contribution in [0.3, 0.4) is 0 Å². The number of aliphatic hydroxyl groups excluding tert-OH is 3. The number of amides is 1. The number of benzene rings is 1. The molecule has 1 aromatic rings. The second-order valence-corrected chi connectivity index (χ2v) is 8.79. The average Bonchev–Trinajstić information content (AvgIpc) is 2.70. The number of Topliss-reactive ketones (excluding diaryl/α,β-unsaturated/α-hetero) is 2. The summed E-state index contributed by atoms with van der Waals surface area (Å²) in [7, 11) is 2.98. The maximum absolute atomic E-state index is 13.3. The topological polar surface area (TPSA) is 182 Å². The molecule has 4 rings (SSSR count). The van der Waals surface area contributed by atoms with Gasteiger partial charge in [0.1, 0.15) is 22.8 Å². The molecule has 0 fully saturated rings. The predicted octanol–water partition coefficient (Wildman–Crippen LogP) is -0.348. The molecule has 6 atom stereocenters. The molecule has 0 unspecified atom stereocenters. The molecule has 1 amide bonds. The highest BCUT2D eigenvalue weighted by Gasteiger charge is 2.67. The first-order valence-corrected chi connectivity index (χ1v) is 10.0. The van der Waals surface area contributed by atoms with E-state index < -0.39 is 75.6 Å². The van der Waals surface area contributed by atoms with Crippen LogP contribution in [0.5, 0.6) is 5.75 Å². The van der Waals surface area contributed by atoms with Crippen molar-refractivity contribution in [2.45, 2.75) is 30.6 Å². The summed E-state index contributed by atoms with van der Waals surface area (Å²) >= 11 is 0. The minimum absolute atomic E-state index is 0.104. The van der Waals surface area contributed by atoms with Crippen molar-refractivity contribution in [3.8, 4) is 5.75 Å². The van der Waals surface area contributed by atoms with Crippen molar-refractivity contribution >= 4 is 17.5 Å². The number of hydrogen-bond acceptors (Lipinski definition) is 9. The fraction of sp³-hybridized carbons (Fsp3) is 0.409. The number of aromatic hydroxyl groups is 1. The number of aliphatic hydroxyl groups is 4. The summed E-state index contributed by atoms with van der Waals surface area (Å²) in [4.78, 5) is 39.8. The van der Waals surface area contributed by atoms with E-state index in [1.807, 2.05) is 0 Å². The van der Waals surface area contributed by atoms with Crippen molar-refractivity contribution in [2.75, 3.05) is 14.1 Å². The Hall–Kier alpha value is -3.21. The normalized spacial score (nSPS) is 34.4. The van der Waals surface area contributed by atoms with Crippen molar-refractivity contribution in [3.05, 3.63) is 52.0 Å². The van der Waals surface area contributed by atoms with Gasteiger partial charge in [0.25, 0.3) is 5.91 Å². The van der Waals surface area contributed by atoms with Crippen molar-refractivity contribution in [1.29, 1.82) is 0 Å². The van der Waals surface area contributed by atoms with Gasteiger partial charge in [-0.25, -0.2) is 0 Å². The monoisotopic (exact) mass is 444 g/mol. The Balaban J connectivity index is 2.06. The number of carbonyl (C=O) groups excluding carboxylic acids is 3. The molecule has 0 aliphatic heterocycles. The maximum Gasteiger partial charge on any atom is 0.255 e. The highest BCUT2D eigenvalue weighted by Crippen LogP contribution is 2.55. The van der Waals surface area contributed by atoms with Crippen LogP contribution in [0.4, 0.5) is 0 Å². The molecule has 10 heteroatoms. The third-order valence-corrected chi connectivity index (χ3v) is 7.00. The van der Waals surface area contributed by atoms with E-state index in [1.165, 1.54) is 25.1 Å². The zero-order chi connectivity index (χ0) is 23.9. The molecular weight excluding hydrogens is 420 g/mol. The highest BCUT2D eigenvalue weighted by molar-refractivity contribution is 6.25. The number of phenols is 1. The van der Waals surface area contributed by atoms with Crippen LogP contribution < -0.4 is 5.73 Å². The van der Waals surface area contributed by atoms with Gasteiger partial charge in [-0.2, -0.15) is 0 Å². The Kier molecular flexibility index (Phi) is 4.74. The minimum atomic E-state index is -2.89. The van der Waals surface area contributed by atoms with Gasteiger partial charge in [-0.15, -0.1) is 0 Å². The molecular formula is C22H24N2O8. The number of likely N-dealkylation sites (N-methyl/N-ethyl adjacent to an activating group) is 1. The predicted molar refractivity (Wildman–Crippen MR) is 110 cm³/mol. The van der Waals surface area contributed by atoms with Crippen molar-refractivity contribution < 1.29 is 39.9 Å². The molecule has 7 N–H and O–H groups in total. The van der Waals surface area contributed by atoms with Crippen molar-refractivity contribution in [1.82, 2.24) is 4.90 Å². The number of primary amides is 1. The Labute approximate surface area is 182 Å². The molecule has 32 heavy (non-hydrogen) atoms. The largest absolute Gasteiger partial charge is 0.510 e. The molecule has 0 aromatic heterocycles. The number of ketones is 2. The first-order chi connectivity index (χ1) is 14.9. The molecule has 3 aliphatic rings. The summed E-state index contributed by atoms with van der Waals surface area (Å²) in [5.74, 6) is -8.86. The van der Waals surface area contributed by atoms with Crippen LogP contribution in [-0.2, 0) is 9.59 Å². The maximum atomic E-state index is 13.3. The molecule has 10 nitrogen and oxygen atoms in total. The molecule has 0 heterocycles. The lowest BCUT2D eigenvalue weighted by atomic mass is 9.55. The van der Waals surface area contributed by atoms with Crippen LogP contribution in [0.25, 0.3) is 0 Å². The lowest BCUT2D eigenvalue weighted by Crippen LogP contribution is -2.68. The van der Waals surface area contributed by atoms with E-state index in [1.54, 1.807) is 19.1 Å². The van der Waals surface area contributed by atoms with Gasteiger partial charge in [-0.3, -0.25) is 19.3 Å². The lowest BCUT2D eigenvalue weighted by Gasteiger charge is -2.53. The Morgan fingerprint density at radius 3 is 2.34 bits per heavy atom. The van der Waals surface area contributed by atoms with Gasteiger partial charge in [-0.1, -0.05) is 19.1 Å². The van der Waals surface area contributed by atoms with Crippen LogP contribution >= 0.6 is 0 Å². The van der Waals surface area contributed by atoms with E-state index in [9.17, 15) is 39.9 Å². The summed E-state index contributed by atoms with van der Waals surface area (Å²) in [5.41, 5.74) is 1.36. The van der Waals surface area contributed by atoms with Gasteiger partial charge >= 0.3 is 0 Å². The van der Waals surface area contributed by atoms with E-state index >= 15 is 0 Å². The Morgan fingerprint density at radius 1 is 1.16 bits per heavy atom. The number of hydrogen-bond donors (Lipinski definition) is 6. The fourth-order valence-corrected chi connectivity index (χ4v) is 5.58. The van der Waals surface area contributed by atoms with Crippen LogP contribution in [0.15, 0.2) is 40.9 Å². The van der Waals surface area contributed by atoms with Crippen LogP contribution in [-0.4, -0.2) is 79.7 Å². The van der Waals surface area contributed by atoms with Gasteiger partial charge in [0.2, 0.25) is 5.78 Å². The van der Waals surface area contributed by atoms with E-state index in [4.69, 9.17) is 5.73 Å². The third-order valence-electron chi connectivity index (χ3n) is 7.00. The zero-order valence-corrected chi connectivity index (χ0v) is 17.6. The summed E-state index contributed by atoms with van der Waals surface area (Å²) in [6.45, 7) is 1.68. The second kappa shape index (κ2) is 6.89. The molecule has 1 aromatic carbocycles. The van der Waals surface area contributed by atoms with Crippen LogP contribution in [0.2, 0.25) is 0 Å². The Morgan fingerprint density at radius 2 is 1.78 bits per heavy atom. The van der Waals surface area contributed by atoms with E-state index in [0.29, 0.717) is 5.56 Å². The molecule has 0 saturated heterocycles. The zero-order valence-electron chi connectivity index (χ0n) is 17.6. The summed E-state index contributed by atoms with van der Waals surface area (Å²) in [6.07, 6.45) is -1.59. The molecule has 0 bridgehead atoms. The number of phenolic OH excluding ortho intramolecular Hbond substituents is 1. The van der Waals surface area contributed by atoms with Gasteiger partial charge in [0, 0.05) is 11.5 Å². The minimum Gasteiger partial charge on any atom is -0.510 e. The molecule has 0 saturated carbocycles. The average molecular weight is 444 g/mol. The van der Waals surface area contributed by atoms with Gasteiger partial charge < -0.3 is 31.3 Å². The number of fused-ring (bicyclic) bond motifs is 3. The van der Waals surface area contributed by atoms with Crippen LogP contribution in [0, 0.1) is 11.8 Å². The van der Waals surface area contributed by atoms with Gasteiger partial charge in [0.05, 0.1) is 23.6 Å². The number of rotatable bonds is 2. The summed E-state index contributed by atoms with van der Waals surface area (Å²) in [5, 5.41) is 55.0. The Bertz CT molecular complexity index is 1140. The lowest BCUT2D eigenvalue weighted by molar-refractivity contribution is -0.162. The van der Waals surface area contributed by atoms with E-state index in [0.717, 1.165) is 0 Å². The molecule has 0 radical (unpaired) electrons. The summed E-state index contributed by atoms with van der Waals surface area (Å²) in [6, 6.07) is 3.17. The van der Waals surface area contributed by atoms with Crippen molar-refractivity contribution in [2.24, 2.45) is 17.6 Å². The highest BCUT2D eigenvalue weighted by atomic mass is 16.4. The van der Waals surface area contributed by atoms with E-state index in [2.05, 4.69) is 0 Å². The smallest absolute Gasteiger partial charge is 0.255 e. The van der Waals surface area contributed by atoms with Gasteiger partial charge in [0.15, 0.2) is 11.4 Å². The SMILES string of the molecule is C[C@@H]1c2cccc(O)c2C(=O)C2=C(O)[C@@]3(O)C(=O)C(C(N)=O)=C(O)[C@H](N(C)C)[C@H]3[C@H](O)[C@H]21. The second-order valence-electron chi connectivity index (χ2n) is 8.79. The van der Waals surface area contributed by atoms with E-state index in [-0.39, 0.29) is 11.3 Å². The van der Waals surface area contributed by atoms with Gasteiger partial charge in [-0.05, 0) is 31.6 Å². The first kappa shape index (κ1) is 22.0. The quantitative estimate of drug-likeness (QED) is 0.332. The molecule has 0 spiro atoms. The molecule has 3 aliphatic carbocycles. The van der Waals surface area contributed by atoms with Crippen LogP contribution in [0.1, 0.15) is 28.8 Å². The standard InChI is InChI=1S/C22H24N2O8/c1-7-8-5-4-6-9(25)11(8)16(26)12-10(7)17(27)14-15(24(2)3)18(28)13(21(23)31)20(30)22(14,32)19(12)29/h4-7,10,14-15,17,25,27-29,32H,1-3H3,(H2,23,31)/t7-,10+,14+,15-,17-,22-/m1/s1. The van der Waals surface area contributed by atoms with Crippen molar-refractivity contribution in [3.63, 3.8) is 0 Å². The number of carbonyl (C=O) groups is 3. The third kappa shape index (κ3) is 2.48. The summed E-state index contributed by atoms with van der Waals surface area (Å²) < 4.78 is 0. The first-order valence-electron chi connectivity index (χ1n) is 10.0. The fourth-order valence-electron chi connectivity index (χ4n) is 5.58.